The van der Waals surface area contributed by atoms with Crippen LogP contribution in [0.1, 0.15) is 206 Å². The molecule has 0 rings (SSSR count). The molecule has 0 saturated heterocycles. The average molecular weight is 748 g/mol. The quantitative estimate of drug-likeness (QED) is 0.0266. The Morgan fingerprint density at radius 3 is 1.29 bits per heavy atom. The minimum atomic E-state index is -4.51. The first kappa shape index (κ1) is 50.5. The highest BCUT2D eigenvalue weighted by molar-refractivity contribution is 7.45. The Kier molecular flexibility index (Phi) is 36.1. The molecule has 0 aliphatic rings. The van der Waals surface area contributed by atoms with Crippen molar-refractivity contribution in [3.63, 3.8) is 0 Å². The first-order valence-electron chi connectivity index (χ1n) is 21.8. The van der Waals surface area contributed by atoms with Crippen LogP contribution < -0.4 is 4.89 Å². The molecule has 0 radical (unpaired) electrons. The van der Waals surface area contributed by atoms with E-state index < -0.39 is 13.9 Å². The van der Waals surface area contributed by atoms with Crippen LogP contribution in [0.3, 0.4) is 0 Å². The van der Waals surface area contributed by atoms with Gasteiger partial charge in [-0.15, -0.1) is 0 Å². The molecule has 306 valence electrons. The predicted octanol–water partition coefficient (Wildman–Crippen LogP) is 11.9. The van der Waals surface area contributed by atoms with Crippen LogP contribution in [0.15, 0.2) is 0 Å². The maximum absolute atomic E-state index is 12.6. The number of carbonyl (C=O) groups excluding carboxylic acids is 1. The van der Waals surface area contributed by atoms with Crippen molar-refractivity contribution in [2.75, 3.05) is 54.1 Å². The molecule has 0 amide bonds. The van der Waals surface area contributed by atoms with Gasteiger partial charge in [-0.1, -0.05) is 187 Å². The van der Waals surface area contributed by atoms with E-state index in [0.29, 0.717) is 24.1 Å². The summed E-state index contributed by atoms with van der Waals surface area (Å²) in [7, 11) is 1.37. The number of unbranched alkanes of at least 4 members (excludes halogenated alkanes) is 27. The predicted molar refractivity (Wildman–Crippen MR) is 213 cm³/mol. The number of nitrogens with zero attached hydrogens (tertiary/aromatic N) is 1. The highest BCUT2D eigenvalue weighted by atomic mass is 31.2. The first-order chi connectivity index (χ1) is 24.6. The van der Waals surface area contributed by atoms with Crippen molar-refractivity contribution in [1.82, 2.24) is 0 Å². The van der Waals surface area contributed by atoms with Crippen LogP contribution >= 0.6 is 7.82 Å². The van der Waals surface area contributed by atoms with Gasteiger partial charge in [-0.3, -0.25) is 9.36 Å². The van der Waals surface area contributed by atoms with Gasteiger partial charge in [0.1, 0.15) is 19.3 Å². The van der Waals surface area contributed by atoms with Crippen molar-refractivity contribution < 1.29 is 37.3 Å². The van der Waals surface area contributed by atoms with E-state index in [1.807, 2.05) is 21.1 Å². The molecule has 0 aromatic rings. The summed E-state index contributed by atoms with van der Waals surface area (Å²) >= 11 is 0. The van der Waals surface area contributed by atoms with E-state index in [4.69, 9.17) is 18.5 Å². The van der Waals surface area contributed by atoms with Gasteiger partial charge in [0.25, 0.3) is 7.82 Å². The fourth-order valence-corrected chi connectivity index (χ4v) is 6.98. The van der Waals surface area contributed by atoms with Crippen molar-refractivity contribution in [1.29, 1.82) is 0 Å². The molecule has 9 heteroatoms. The maximum Gasteiger partial charge on any atom is 0.306 e. The molecule has 2 unspecified atom stereocenters. The summed E-state index contributed by atoms with van der Waals surface area (Å²) in [4.78, 5) is 24.9. The van der Waals surface area contributed by atoms with Gasteiger partial charge in [0.15, 0.2) is 0 Å². The fourth-order valence-electron chi connectivity index (χ4n) is 6.25. The molecule has 2 atom stereocenters. The average Bonchev–Trinajstić information content (AvgIpc) is 3.08. The third kappa shape index (κ3) is 40.5. The highest BCUT2D eigenvalue weighted by Crippen LogP contribution is 2.38. The molecular weight excluding hydrogens is 661 g/mol. The van der Waals surface area contributed by atoms with Crippen LogP contribution in [0.5, 0.6) is 0 Å². The Labute approximate surface area is 317 Å². The molecule has 8 nitrogen and oxygen atoms in total. The molecule has 0 aromatic heterocycles. The summed E-state index contributed by atoms with van der Waals surface area (Å²) in [6.07, 6.45) is 37.0. The monoisotopic (exact) mass is 748 g/mol. The van der Waals surface area contributed by atoms with Gasteiger partial charge in [-0.05, 0) is 12.8 Å². The molecule has 0 aromatic carbocycles. The molecule has 51 heavy (non-hydrogen) atoms. The third-order valence-corrected chi connectivity index (χ3v) is 10.6. The van der Waals surface area contributed by atoms with E-state index in [2.05, 4.69) is 13.8 Å². The smallest absolute Gasteiger partial charge is 0.306 e. The minimum Gasteiger partial charge on any atom is -0.756 e. The van der Waals surface area contributed by atoms with Gasteiger partial charge in [-0.2, -0.15) is 0 Å². The lowest BCUT2D eigenvalue weighted by atomic mass is 10.0. The first-order valence-corrected chi connectivity index (χ1v) is 23.2. The number of phosphoric acid groups is 1. The maximum atomic E-state index is 12.6. The normalized spacial score (nSPS) is 13.8. The van der Waals surface area contributed by atoms with Crippen molar-refractivity contribution in [2.24, 2.45) is 0 Å². The molecule has 0 fully saturated rings. The lowest BCUT2D eigenvalue weighted by Gasteiger charge is -2.28. The molecule has 0 aliphatic carbocycles. The van der Waals surface area contributed by atoms with Gasteiger partial charge in [-0.25, -0.2) is 0 Å². The fraction of sp³-hybridized carbons (Fsp3) is 0.976. The van der Waals surface area contributed by atoms with Crippen LogP contribution in [0.2, 0.25) is 0 Å². The number of likely N-dealkylation sites (N-methyl/N-ethyl adjacent to an activating group) is 1. The molecular formula is C42H86NO7P. The standard InChI is InChI=1S/C42H86NO7P/c1-6-8-10-12-14-15-16-17-18-19-20-21-22-23-24-25-26-27-28-29-31-33-35-42(44)50-41(39-47-37-34-32-30-13-11-9-7-2)40-49-51(45,46)48-38-36-43(3,4)5/h41H,6-40H2,1-5H3. The van der Waals surface area contributed by atoms with Crippen molar-refractivity contribution >= 4 is 13.8 Å². The summed E-state index contributed by atoms with van der Waals surface area (Å²) in [6, 6.07) is 0. The minimum absolute atomic E-state index is 0.0308. The SMILES string of the molecule is CCCCCCCCCCCCCCCCCCCCCCCCC(=O)OC(COCCCCCCCCC)COP(=O)([O-])OCC[N+](C)(C)C. The van der Waals surface area contributed by atoms with E-state index in [1.54, 1.807) is 0 Å². The molecule has 0 saturated carbocycles. The molecule has 0 bridgehead atoms. The summed E-state index contributed by atoms with van der Waals surface area (Å²) in [5.74, 6) is -0.331. The van der Waals surface area contributed by atoms with Crippen LogP contribution in [0, 0.1) is 0 Å². The molecule has 0 spiro atoms. The summed E-state index contributed by atoms with van der Waals surface area (Å²) in [6.45, 7) is 5.42. The molecule has 0 N–H and O–H groups in total. The van der Waals surface area contributed by atoms with E-state index in [-0.39, 0.29) is 25.8 Å². The van der Waals surface area contributed by atoms with Gasteiger partial charge in [0.2, 0.25) is 0 Å². The lowest BCUT2D eigenvalue weighted by Crippen LogP contribution is -2.37. The number of carbonyl (C=O) groups is 1. The highest BCUT2D eigenvalue weighted by Gasteiger charge is 2.20. The van der Waals surface area contributed by atoms with Gasteiger partial charge < -0.3 is 27.9 Å². The third-order valence-electron chi connectivity index (χ3n) is 9.66. The topological polar surface area (TPSA) is 94.1 Å². The number of ether oxygens (including phenoxy) is 2. The van der Waals surface area contributed by atoms with Gasteiger partial charge in [0.05, 0.1) is 34.4 Å². The molecule has 0 aliphatic heterocycles. The largest absolute Gasteiger partial charge is 0.756 e. The van der Waals surface area contributed by atoms with E-state index >= 15 is 0 Å². The summed E-state index contributed by atoms with van der Waals surface area (Å²) in [5, 5.41) is 0. The second-order valence-corrected chi connectivity index (χ2v) is 17.5. The number of hydrogen-bond donors (Lipinski definition) is 0. The Hall–Kier alpha value is -0.500. The Bertz CT molecular complexity index is 792. The second kappa shape index (κ2) is 36.5. The molecule has 0 heterocycles. The van der Waals surface area contributed by atoms with Gasteiger partial charge >= 0.3 is 5.97 Å². The van der Waals surface area contributed by atoms with Crippen LogP contribution in [-0.4, -0.2) is 70.7 Å². The van der Waals surface area contributed by atoms with Crippen molar-refractivity contribution in [3.8, 4) is 0 Å². The van der Waals surface area contributed by atoms with Crippen molar-refractivity contribution in [3.05, 3.63) is 0 Å². The van der Waals surface area contributed by atoms with Crippen LogP contribution in [-0.2, 0) is 27.9 Å². The second-order valence-electron chi connectivity index (χ2n) is 16.1. The van der Waals surface area contributed by atoms with E-state index in [0.717, 1.165) is 32.1 Å². The Morgan fingerprint density at radius 1 is 0.529 bits per heavy atom. The summed E-state index contributed by atoms with van der Waals surface area (Å²) < 4.78 is 34.4. The lowest BCUT2D eigenvalue weighted by molar-refractivity contribution is -0.870. The Morgan fingerprint density at radius 2 is 0.902 bits per heavy atom. The zero-order valence-corrected chi connectivity index (χ0v) is 35.5. The van der Waals surface area contributed by atoms with Gasteiger partial charge in [0, 0.05) is 13.0 Å². The van der Waals surface area contributed by atoms with Crippen LogP contribution in [0.25, 0.3) is 0 Å². The number of phosphoric ester groups is 1. The van der Waals surface area contributed by atoms with E-state index in [9.17, 15) is 14.3 Å². The van der Waals surface area contributed by atoms with Crippen LogP contribution in [0.4, 0.5) is 0 Å². The van der Waals surface area contributed by atoms with E-state index in [1.165, 1.54) is 154 Å². The number of quaternary nitrogens is 1. The number of rotatable bonds is 41. The zero-order chi connectivity index (χ0) is 37.7. The van der Waals surface area contributed by atoms with Crippen molar-refractivity contribution in [2.45, 2.75) is 213 Å². The number of esters is 1. The Balaban J connectivity index is 3.99. The number of hydrogen-bond acceptors (Lipinski definition) is 7. The summed E-state index contributed by atoms with van der Waals surface area (Å²) in [5.41, 5.74) is 0. The zero-order valence-electron chi connectivity index (χ0n) is 34.6.